The minimum atomic E-state index is -1.19. The molecule has 0 aliphatic carbocycles. The van der Waals surface area contributed by atoms with Gasteiger partial charge in [0, 0.05) is 41.4 Å². The first-order valence-electron chi connectivity index (χ1n) is 11.0. The van der Waals surface area contributed by atoms with E-state index in [2.05, 4.69) is 58.0 Å². The van der Waals surface area contributed by atoms with Gasteiger partial charge in [-0.15, -0.1) is 0 Å². The van der Waals surface area contributed by atoms with Crippen LogP contribution in [0.1, 0.15) is 53.9 Å². The van der Waals surface area contributed by atoms with Crippen LogP contribution in [0.3, 0.4) is 0 Å². The minimum Gasteiger partial charge on any atom is -0.492 e. The van der Waals surface area contributed by atoms with E-state index in [0.29, 0.717) is 6.61 Å². The molecule has 0 radical (unpaired) electrons. The van der Waals surface area contributed by atoms with Gasteiger partial charge in [-0.3, -0.25) is 4.79 Å². The van der Waals surface area contributed by atoms with Gasteiger partial charge in [0.25, 0.3) is 0 Å². The predicted octanol–water partition coefficient (Wildman–Crippen LogP) is 5.27. The second-order valence-electron chi connectivity index (χ2n) is 9.96. The van der Waals surface area contributed by atoms with Crippen LogP contribution in [0.5, 0.6) is 5.75 Å². The van der Waals surface area contributed by atoms with Crippen LogP contribution in [0.4, 0.5) is 0 Å². The molecule has 0 saturated carbocycles. The number of hydrogen-bond donors (Lipinski definition) is 1. The van der Waals surface area contributed by atoms with Crippen molar-refractivity contribution in [1.29, 1.82) is 0 Å². The van der Waals surface area contributed by atoms with Crippen LogP contribution in [0.2, 0.25) is 0 Å². The molecule has 0 amide bonds. The number of carboxylic acids is 1. The number of rotatable bonds is 2. The molecular formula is C27H27NO4. The van der Waals surface area contributed by atoms with E-state index in [4.69, 9.17) is 4.74 Å². The van der Waals surface area contributed by atoms with Crippen molar-refractivity contribution in [1.82, 2.24) is 4.57 Å². The van der Waals surface area contributed by atoms with Crippen LogP contribution >= 0.6 is 0 Å². The van der Waals surface area contributed by atoms with Gasteiger partial charge < -0.3 is 14.4 Å². The number of fused-ring (bicyclic) bond motifs is 5. The van der Waals surface area contributed by atoms with Gasteiger partial charge in [0.2, 0.25) is 0 Å². The highest BCUT2D eigenvalue weighted by Crippen LogP contribution is 2.49. The van der Waals surface area contributed by atoms with Crippen molar-refractivity contribution in [2.24, 2.45) is 5.41 Å². The zero-order valence-corrected chi connectivity index (χ0v) is 18.9. The fraction of sp³-hybridized carbons (Fsp3) is 0.333. The molecule has 1 atom stereocenters. The van der Waals surface area contributed by atoms with Crippen molar-refractivity contribution in [3.63, 3.8) is 0 Å². The molecule has 3 heterocycles. The largest absolute Gasteiger partial charge is 0.492 e. The summed E-state index contributed by atoms with van der Waals surface area (Å²) in [6, 6.07) is 12.0. The Hall–Kier alpha value is -3.34. The monoisotopic (exact) mass is 429 g/mol. The molecule has 1 N–H and O–H groups in total. The minimum absolute atomic E-state index is 0.0265. The highest BCUT2D eigenvalue weighted by molar-refractivity contribution is 5.88. The van der Waals surface area contributed by atoms with E-state index in [1.807, 2.05) is 4.57 Å². The lowest BCUT2D eigenvalue weighted by atomic mass is 9.76. The van der Waals surface area contributed by atoms with Crippen LogP contribution in [0, 0.1) is 12.3 Å². The molecule has 5 rings (SSSR count). The Morgan fingerprint density at radius 1 is 1.09 bits per heavy atom. The molecule has 0 unspecified atom stereocenters. The van der Waals surface area contributed by atoms with Gasteiger partial charge in [0.15, 0.2) is 5.43 Å². The number of pyridine rings is 1. The molecular weight excluding hydrogens is 402 g/mol. The number of hydrogen-bond acceptors (Lipinski definition) is 3. The summed E-state index contributed by atoms with van der Waals surface area (Å²) in [5.41, 5.74) is 6.73. The molecule has 0 fully saturated rings. The van der Waals surface area contributed by atoms with Crippen LogP contribution in [-0.2, 0) is 12.8 Å². The zero-order chi connectivity index (χ0) is 22.8. The second kappa shape index (κ2) is 7.09. The Kier molecular flexibility index (Phi) is 4.55. The quantitative estimate of drug-likeness (QED) is 0.603. The molecule has 5 nitrogen and oxygen atoms in total. The van der Waals surface area contributed by atoms with Crippen molar-refractivity contribution in [2.45, 2.75) is 46.6 Å². The highest BCUT2D eigenvalue weighted by atomic mass is 16.5. The number of benzene rings is 2. The van der Waals surface area contributed by atoms with Crippen LogP contribution in [0.25, 0.3) is 22.4 Å². The number of aryl methyl sites for hydroxylation is 1. The molecule has 3 aromatic rings. The Morgan fingerprint density at radius 3 is 2.47 bits per heavy atom. The molecule has 32 heavy (non-hydrogen) atoms. The molecule has 5 heteroatoms. The molecule has 0 spiro atoms. The lowest BCUT2D eigenvalue weighted by Crippen LogP contribution is -2.33. The third-order valence-corrected chi connectivity index (χ3v) is 6.78. The standard InChI is InChI=1S/C27H27NO4/c1-15-5-7-16(8-6-15)18-11-20-19(17-9-10-32-25(17)18)12-24(27(2,3)4)28-14-21(26(30)31)23(29)13-22(20)28/h5-8,11,13-14,24H,9-10,12H2,1-4H3,(H,30,31)/t24-/m0/s1. The van der Waals surface area contributed by atoms with Crippen molar-refractivity contribution >= 4 is 5.97 Å². The Balaban J connectivity index is 1.82. The average Bonchev–Trinajstić information content (AvgIpc) is 3.22. The maximum absolute atomic E-state index is 12.7. The first-order chi connectivity index (χ1) is 15.1. The molecule has 0 bridgehead atoms. The van der Waals surface area contributed by atoms with Gasteiger partial charge in [0.1, 0.15) is 11.3 Å². The van der Waals surface area contributed by atoms with Gasteiger partial charge in [-0.2, -0.15) is 0 Å². The third kappa shape index (κ3) is 3.15. The third-order valence-electron chi connectivity index (χ3n) is 6.78. The predicted molar refractivity (Wildman–Crippen MR) is 125 cm³/mol. The van der Waals surface area contributed by atoms with E-state index in [0.717, 1.165) is 41.0 Å². The lowest BCUT2D eigenvalue weighted by Gasteiger charge is -2.39. The summed E-state index contributed by atoms with van der Waals surface area (Å²) < 4.78 is 8.13. The lowest BCUT2D eigenvalue weighted by molar-refractivity contribution is 0.0693. The summed E-state index contributed by atoms with van der Waals surface area (Å²) in [5.74, 6) is -0.246. The number of nitrogens with zero attached hydrogens (tertiary/aromatic N) is 1. The summed E-state index contributed by atoms with van der Waals surface area (Å²) in [7, 11) is 0. The topological polar surface area (TPSA) is 68.5 Å². The summed E-state index contributed by atoms with van der Waals surface area (Å²) in [6.07, 6.45) is 3.15. The summed E-state index contributed by atoms with van der Waals surface area (Å²) in [4.78, 5) is 24.4. The maximum Gasteiger partial charge on any atom is 0.341 e. The average molecular weight is 430 g/mol. The Bertz CT molecular complexity index is 1310. The fourth-order valence-electron chi connectivity index (χ4n) is 5.05. The molecule has 2 aromatic carbocycles. The molecule has 2 aliphatic heterocycles. The van der Waals surface area contributed by atoms with E-state index >= 15 is 0 Å². The van der Waals surface area contributed by atoms with E-state index in [1.165, 1.54) is 29.0 Å². The fourth-order valence-corrected chi connectivity index (χ4v) is 5.05. The SMILES string of the molecule is Cc1ccc(-c2cc3c(c4c2OCC4)C[C@@H](C(C)(C)C)n2cc(C(=O)O)c(=O)cc2-3)cc1. The second-order valence-corrected chi connectivity index (χ2v) is 9.96. The Morgan fingerprint density at radius 2 is 1.81 bits per heavy atom. The number of aromatic nitrogens is 1. The van der Waals surface area contributed by atoms with Crippen LogP contribution < -0.4 is 10.2 Å². The normalized spacial score (nSPS) is 16.7. The van der Waals surface area contributed by atoms with E-state index in [-0.39, 0.29) is 17.0 Å². The molecule has 2 aliphatic rings. The first-order valence-corrected chi connectivity index (χ1v) is 11.0. The van der Waals surface area contributed by atoms with Gasteiger partial charge in [-0.1, -0.05) is 50.6 Å². The van der Waals surface area contributed by atoms with Gasteiger partial charge in [0.05, 0.1) is 12.3 Å². The van der Waals surface area contributed by atoms with Crippen molar-refractivity contribution in [3.8, 4) is 28.1 Å². The number of ether oxygens (including phenoxy) is 1. The van der Waals surface area contributed by atoms with Crippen molar-refractivity contribution in [2.75, 3.05) is 6.61 Å². The van der Waals surface area contributed by atoms with Gasteiger partial charge >= 0.3 is 5.97 Å². The van der Waals surface area contributed by atoms with E-state index < -0.39 is 11.4 Å². The van der Waals surface area contributed by atoms with Crippen LogP contribution in [-0.4, -0.2) is 22.2 Å². The molecule has 0 saturated heterocycles. The zero-order valence-electron chi connectivity index (χ0n) is 18.9. The molecule has 1 aromatic heterocycles. The number of carbonyl (C=O) groups is 1. The van der Waals surface area contributed by atoms with Crippen LogP contribution in [0.15, 0.2) is 47.4 Å². The summed E-state index contributed by atoms with van der Waals surface area (Å²) in [5, 5.41) is 9.56. The maximum atomic E-state index is 12.7. The highest BCUT2D eigenvalue weighted by Gasteiger charge is 2.36. The summed E-state index contributed by atoms with van der Waals surface area (Å²) >= 11 is 0. The van der Waals surface area contributed by atoms with Gasteiger partial charge in [-0.05, 0) is 36.0 Å². The van der Waals surface area contributed by atoms with E-state index in [9.17, 15) is 14.7 Å². The van der Waals surface area contributed by atoms with Gasteiger partial charge in [-0.25, -0.2) is 4.79 Å². The smallest absolute Gasteiger partial charge is 0.341 e. The number of carboxylic acid groups (broad SMARTS) is 1. The van der Waals surface area contributed by atoms with E-state index in [1.54, 1.807) is 0 Å². The van der Waals surface area contributed by atoms with Crippen molar-refractivity contribution < 1.29 is 14.6 Å². The first kappa shape index (κ1) is 20.6. The number of aromatic carboxylic acids is 1. The molecule has 164 valence electrons. The summed E-state index contributed by atoms with van der Waals surface area (Å²) in [6.45, 7) is 9.18. The Labute approximate surface area is 187 Å². The van der Waals surface area contributed by atoms with Crippen molar-refractivity contribution in [3.05, 3.63) is 75.1 Å².